The molecule has 1 aromatic rings. The summed E-state index contributed by atoms with van der Waals surface area (Å²) in [5.74, 6) is 0. The van der Waals surface area contributed by atoms with Crippen LogP contribution in [0.3, 0.4) is 0 Å². The average molecular weight is 290 g/mol. The van der Waals surface area contributed by atoms with Crippen molar-refractivity contribution in [3.8, 4) is 0 Å². The Hall–Kier alpha value is -1.82. The molecule has 0 bridgehead atoms. The third-order valence-electron chi connectivity index (χ3n) is 4.24. The van der Waals surface area contributed by atoms with Gasteiger partial charge in [0.1, 0.15) is 0 Å². The first-order valence-corrected chi connectivity index (χ1v) is 7.69. The summed E-state index contributed by atoms with van der Waals surface area (Å²) in [6.07, 6.45) is 2.67. The van der Waals surface area contributed by atoms with Crippen LogP contribution < -0.4 is 10.2 Å². The molecule has 1 heterocycles. The Bertz CT molecular complexity index is 522. The molecule has 1 saturated heterocycles. The fraction of sp³-hybridized carbons (Fsp3) is 0.600. The molecule has 3 rings (SSSR count). The van der Waals surface area contributed by atoms with Gasteiger partial charge in [-0.2, -0.15) is 0 Å². The maximum atomic E-state index is 11.1. The van der Waals surface area contributed by atoms with Crippen LogP contribution in [-0.4, -0.2) is 48.6 Å². The Balaban J connectivity index is 1.75. The Labute approximate surface area is 124 Å². The molecule has 21 heavy (non-hydrogen) atoms. The van der Waals surface area contributed by atoms with Gasteiger partial charge >= 0.3 is 0 Å². The molecule has 0 amide bonds. The third-order valence-corrected chi connectivity index (χ3v) is 4.24. The van der Waals surface area contributed by atoms with Crippen molar-refractivity contribution in [3.05, 3.63) is 28.3 Å². The van der Waals surface area contributed by atoms with E-state index in [1.54, 1.807) is 12.1 Å². The van der Waals surface area contributed by atoms with Crippen molar-refractivity contribution in [3.63, 3.8) is 0 Å². The lowest BCUT2D eigenvalue weighted by Crippen LogP contribution is -2.47. The van der Waals surface area contributed by atoms with Gasteiger partial charge in [0, 0.05) is 62.3 Å². The van der Waals surface area contributed by atoms with E-state index in [0.717, 1.165) is 50.1 Å². The molecule has 1 saturated carbocycles. The molecule has 6 heteroatoms. The fourth-order valence-corrected chi connectivity index (χ4v) is 2.97. The Morgan fingerprint density at radius 1 is 1.24 bits per heavy atom. The first-order chi connectivity index (χ1) is 10.2. The van der Waals surface area contributed by atoms with Gasteiger partial charge in [-0.1, -0.05) is 0 Å². The lowest BCUT2D eigenvalue weighted by molar-refractivity contribution is -0.384. The summed E-state index contributed by atoms with van der Waals surface area (Å²) in [6, 6.07) is 6.11. The topological polar surface area (TPSA) is 61.6 Å². The van der Waals surface area contributed by atoms with E-state index in [1.807, 2.05) is 13.0 Å². The Kier molecular flexibility index (Phi) is 3.96. The third kappa shape index (κ3) is 3.26. The largest absolute Gasteiger partial charge is 0.385 e. The highest BCUT2D eigenvalue weighted by Gasteiger charge is 2.31. The van der Waals surface area contributed by atoms with Crippen molar-refractivity contribution in [2.45, 2.75) is 25.8 Å². The summed E-state index contributed by atoms with van der Waals surface area (Å²) in [5.41, 5.74) is 1.94. The van der Waals surface area contributed by atoms with Crippen molar-refractivity contribution < 1.29 is 4.92 Å². The first-order valence-electron chi connectivity index (χ1n) is 7.69. The number of nitro groups is 1. The van der Waals surface area contributed by atoms with Crippen LogP contribution in [0.1, 0.15) is 19.8 Å². The van der Waals surface area contributed by atoms with Gasteiger partial charge in [0.25, 0.3) is 5.69 Å². The molecular formula is C15H22N4O2. The van der Waals surface area contributed by atoms with E-state index >= 15 is 0 Å². The molecule has 1 aliphatic heterocycles. The minimum atomic E-state index is -0.315. The first kappa shape index (κ1) is 14.1. The molecule has 0 unspecified atom stereocenters. The van der Waals surface area contributed by atoms with E-state index in [-0.39, 0.29) is 10.6 Å². The van der Waals surface area contributed by atoms with Crippen molar-refractivity contribution >= 4 is 17.1 Å². The zero-order valence-electron chi connectivity index (χ0n) is 12.4. The number of piperazine rings is 1. The van der Waals surface area contributed by atoms with Gasteiger partial charge in [0.15, 0.2) is 0 Å². The number of benzene rings is 1. The number of hydrogen-bond acceptors (Lipinski definition) is 5. The van der Waals surface area contributed by atoms with Crippen molar-refractivity contribution in [2.75, 3.05) is 42.9 Å². The quantitative estimate of drug-likeness (QED) is 0.666. The summed E-state index contributed by atoms with van der Waals surface area (Å²) in [7, 11) is 0. The van der Waals surface area contributed by atoms with Crippen molar-refractivity contribution in [1.82, 2.24) is 4.90 Å². The average Bonchev–Trinajstić information content (AvgIpc) is 3.32. The number of rotatable bonds is 5. The fourth-order valence-electron chi connectivity index (χ4n) is 2.97. The Morgan fingerprint density at radius 3 is 2.52 bits per heavy atom. The van der Waals surface area contributed by atoms with Crippen LogP contribution in [0.5, 0.6) is 0 Å². The lowest BCUT2D eigenvalue weighted by atomic mass is 10.2. The summed E-state index contributed by atoms with van der Waals surface area (Å²) in [4.78, 5) is 15.6. The number of anilines is 2. The number of non-ortho nitro benzene ring substituents is 1. The van der Waals surface area contributed by atoms with Gasteiger partial charge in [0.05, 0.1) is 4.92 Å². The van der Waals surface area contributed by atoms with E-state index in [0.29, 0.717) is 0 Å². The molecule has 6 nitrogen and oxygen atoms in total. The van der Waals surface area contributed by atoms with Crippen LogP contribution in [0.25, 0.3) is 0 Å². The molecule has 1 N–H and O–H groups in total. The SMILES string of the molecule is CCNc1cc(N2CCN(C3CC3)CC2)cc([N+](=O)[O-])c1. The highest BCUT2D eigenvalue weighted by Crippen LogP contribution is 2.31. The molecule has 0 spiro atoms. The van der Waals surface area contributed by atoms with E-state index in [2.05, 4.69) is 15.1 Å². The van der Waals surface area contributed by atoms with Crippen molar-refractivity contribution in [1.29, 1.82) is 0 Å². The van der Waals surface area contributed by atoms with Gasteiger partial charge in [-0.05, 0) is 25.8 Å². The van der Waals surface area contributed by atoms with E-state index in [1.165, 1.54) is 12.8 Å². The molecule has 1 aliphatic carbocycles. The minimum Gasteiger partial charge on any atom is -0.385 e. The molecule has 2 aliphatic rings. The summed E-state index contributed by atoms with van der Waals surface area (Å²) < 4.78 is 0. The van der Waals surface area contributed by atoms with Crippen LogP contribution in [0.15, 0.2) is 18.2 Å². The second-order valence-electron chi connectivity index (χ2n) is 5.78. The smallest absolute Gasteiger partial charge is 0.273 e. The zero-order valence-corrected chi connectivity index (χ0v) is 12.4. The van der Waals surface area contributed by atoms with E-state index in [4.69, 9.17) is 0 Å². The molecule has 0 radical (unpaired) electrons. The van der Waals surface area contributed by atoms with Crippen molar-refractivity contribution in [2.24, 2.45) is 0 Å². The summed E-state index contributed by atoms with van der Waals surface area (Å²) in [5, 5.41) is 14.3. The predicted molar refractivity (Wildman–Crippen MR) is 84.1 cm³/mol. The Morgan fingerprint density at radius 2 is 1.95 bits per heavy atom. The van der Waals surface area contributed by atoms with Gasteiger partial charge in [-0.15, -0.1) is 0 Å². The zero-order chi connectivity index (χ0) is 14.8. The van der Waals surface area contributed by atoms with Crippen LogP contribution in [0, 0.1) is 10.1 Å². The minimum absolute atomic E-state index is 0.160. The van der Waals surface area contributed by atoms with Gasteiger partial charge in [0.2, 0.25) is 0 Å². The second-order valence-corrected chi connectivity index (χ2v) is 5.78. The van der Waals surface area contributed by atoms with Gasteiger partial charge in [-0.3, -0.25) is 15.0 Å². The van der Waals surface area contributed by atoms with E-state index in [9.17, 15) is 10.1 Å². The number of nitrogens with zero attached hydrogens (tertiary/aromatic N) is 3. The monoisotopic (exact) mass is 290 g/mol. The lowest BCUT2D eigenvalue weighted by Gasteiger charge is -2.36. The number of nitro benzene ring substituents is 1. The molecule has 0 aromatic heterocycles. The maximum Gasteiger partial charge on any atom is 0.273 e. The number of nitrogens with one attached hydrogen (secondary N) is 1. The maximum absolute atomic E-state index is 11.1. The highest BCUT2D eigenvalue weighted by atomic mass is 16.6. The summed E-state index contributed by atoms with van der Waals surface area (Å²) >= 11 is 0. The molecule has 114 valence electrons. The van der Waals surface area contributed by atoms with Crippen LogP contribution >= 0.6 is 0 Å². The second kappa shape index (κ2) is 5.89. The molecular weight excluding hydrogens is 268 g/mol. The van der Waals surface area contributed by atoms with E-state index < -0.39 is 0 Å². The highest BCUT2D eigenvalue weighted by molar-refractivity contribution is 5.64. The normalized spacial score (nSPS) is 19.6. The molecule has 1 aromatic carbocycles. The number of hydrogen-bond donors (Lipinski definition) is 1. The predicted octanol–water partition coefficient (Wildman–Crippen LogP) is 2.31. The van der Waals surface area contributed by atoms with Gasteiger partial charge < -0.3 is 10.2 Å². The standard InChI is InChI=1S/C15H22N4O2/c1-2-16-12-9-14(11-15(10-12)19(20)21)18-7-5-17(6-8-18)13-3-4-13/h9-11,13,16H,2-8H2,1H3. The summed E-state index contributed by atoms with van der Waals surface area (Å²) in [6.45, 7) is 6.77. The molecule has 0 atom stereocenters. The molecule has 2 fully saturated rings. The van der Waals surface area contributed by atoms with Crippen LogP contribution in [0.2, 0.25) is 0 Å². The van der Waals surface area contributed by atoms with Crippen LogP contribution in [-0.2, 0) is 0 Å². The van der Waals surface area contributed by atoms with Crippen LogP contribution in [0.4, 0.5) is 17.1 Å². The van der Waals surface area contributed by atoms with Gasteiger partial charge in [-0.25, -0.2) is 0 Å².